The smallest absolute Gasteiger partial charge is 0.242 e. The number of hydrogen-bond acceptors (Lipinski definition) is 4. The average molecular weight is 237 g/mol. The Morgan fingerprint density at radius 3 is 3.18 bits per heavy atom. The number of carbonyl (C=O) groups is 2. The molecule has 1 atom stereocenters. The summed E-state index contributed by atoms with van der Waals surface area (Å²) in [4.78, 5) is 22.7. The molecule has 0 aromatic carbocycles. The SMILES string of the molecule is CCn1cnnc1CNC(=O)C1CCC(=O)N1. The number of aryl methyl sites for hydroxylation is 1. The van der Waals surface area contributed by atoms with Crippen LogP contribution in [-0.2, 0) is 22.7 Å². The van der Waals surface area contributed by atoms with Gasteiger partial charge in [-0.05, 0) is 13.3 Å². The summed E-state index contributed by atoms with van der Waals surface area (Å²) < 4.78 is 1.85. The van der Waals surface area contributed by atoms with E-state index in [-0.39, 0.29) is 11.8 Å². The molecule has 0 radical (unpaired) electrons. The standard InChI is InChI=1S/C10H15N5O2/c1-2-15-6-12-14-8(15)5-11-10(17)7-3-4-9(16)13-7/h6-7H,2-5H2,1H3,(H,11,17)(H,13,16). The van der Waals surface area contributed by atoms with Gasteiger partial charge in [-0.2, -0.15) is 0 Å². The minimum absolute atomic E-state index is 0.0677. The maximum absolute atomic E-state index is 11.7. The van der Waals surface area contributed by atoms with Gasteiger partial charge in [0, 0.05) is 13.0 Å². The third kappa shape index (κ3) is 2.61. The molecule has 0 saturated carbocycles. The van der Waals surface area contributed by atoms with E-state index in [1.54, 1.807) is 6.33 Å². The van der Waals surface area contributed by atoms with Crippen LogP contribution in [0.3, 0.4) is 0 Å². The van der Waals surface area contributed by atoms with E-state index in [4.69, 9.17) is 0 Å². The Balaban J connectivity index is 1.86. The van der Waals surface area contributed by atoms with Crippen molar-refractivity contribution < 1.29 is 9.59 Å². The Labute approximate surface area is 98.6 Å². The molecule has 2 amide bonds. The van der Waals surface area contributed by atoms with Crippen molar-refractivity contribution in [2.75, 3.05) is 0 Å². The van der Waals surface area contributed by atoms with Gasteiger partial charge in [0.1, 0.15) is 12.4 Å². The summed E-state index contributed by atoms with van der Waals surface area (Å²) in [6.07, 6.45) is 2.60. The molecule has 1 fully saturated rings. The van der Waals surface area contributed by atoms with E-state index in [2.05, 4.69) is 20.8 Å². The third-order valence-corrected chi connectivity index (χ3v) is 2.77. The molecule has 1 saturated heterocycles. The van der Waals surface area contributed by atoms with E-state index in [0.29, 0.717) is 25.2 Å². The van der Waals surface area contributed by atoms with E-state index in [9.17, 15) is 9.59 Å². The Morgan fingerprint density at radius 1 is 1.71 bits per heavy atom. The number of hydrogen-bond donors (Lipinski definition) is 2. The summed E-state index contributed by atoms with van der Waals surface area (Å²) in [7, 11) is 0. The van der Waals surface area contributed by atoms with E-state index in [1.807, 2.05) is 11.5 Å². The Kier molecular flexibility index (Phi) is 3.36. The lowest BCUT2D eigenvalue weighted by Gasteiger charge is -2.10. The number of rotatable bonds is 4. The zero-order valence-electron chi connectivity index (χ0n) is 9.64. The lowest BCUT2D eigenvalue weighted by Crippen LogP contribution is -2.41. The molecule has 7 heteroatoms. The highest BCUT2D eigenvalue weighted by atomic mass is 16.2. The Morgan fingerprint density at radius 2 is 2.53 bits per heavy atom. The summed E-state index contributed by atoms with van der Waals surface area (Å²) in [6.45, 7) is 3.07. The first-order valence-electron chi connectivity index (χ1n) is 5.64. The van der Waals surface area contributed by atoms with Gasteiger partial charge in [-0.25, -0.2) is 0 Å². The fraction of sp³-hybridized carbons (Fsp3) is 0.600. The highest BCUT2D eigenvalue weighted by Gasteiger charge is 2.26. The Hall–Kier alpha value is -1.92. The van der Waals surface area contributed by atoms with Crippen LogP contribution in [0, 0.1) is 0 Å². The summed E-state index contributed by atoms with van der Waals surface area (Å²) in [5.74, 6) is 0.480. The number of nitrogens with one attached hydrogen (secondary N) is 2. The molecule has 7 nitrogen and oxygen atoms in total. The molecule has 0 aliphatic carbocycles. The second-order valence-electron chi connectivity index (χ2n) is 3.91. The molecule has 1 unspecified atom stereocenters. The average Bonchev–Trinajstić information content (AvgIpc) is 2.94. The topological polar surface area (TPSA) is 88.9 Å². The maximum Gasteiger partial charge on any atom is 0.242 e. The van der Waals surface area contributed by atoms with Gasteiger partial charge in [-0.3, -0.25) is 9.59 Å². The molecule has 0 spiro atoms. The highest BCUT2D eigenvalue weighted by molar-refractivity contribution is 5.90. The number of aromatic nitrogens is 3. The monoisotopic (exact) mass is 237 g/mol. The summed E-state index contributed by atoms with van der Waals surface area (Å²) in [5.41, 5.74) is 0. The van der Waals surface area contributed by atoms with Crippen molar-refractivity contribution in [3.8, 4) is 0 Å². The highest BCUT2D eigenvalue weighted by Crippen LogP contribution is 2.06. The summed E-state index contributed by atoms with van der Waals surface area (Å²) >= 11 is 0. The van der Waals surface area contributed by atoms with Crippen LogP contribution in [0.1, 0.15) is 25.6 Å². The zero-order valence-corrected chi connectivity index (χ0v) is 9.64. The van der Waals surface area contributed by atoms with Crippen molar-refractivity contribution in [3.05, 3.63) is 12.2 Å². The molecule has 17 heavy (non-hydrogen) atoms. The molecular weight excluding hydrogens is 222 g/mol. The first-order valence-corrected chi connectivity index (χ1v) is 5.64. The van der Waals surface area contributed by atoms with Gasteiger partial charge in [-0.1, -0.05) is 0 Å². The van der Waals surface area contributed by atoms with Crippen molar-refractivity contribution in [3.63, 3.8) is 0 Å². The minimum atomic E-state index is -0.402. The van der Waals surface area contributed by atoms with Gasteiger partial charge < -0.3 is 15.2 Å². The van der Waals surface area contributed by atoms with Crippen molar-refractivity contribution in [2.24, 2.45) is 0 Å². The van der Waals surface area contributed by atoms with Crippen LogP contribution in [0.25, 0.3) is 0 Å². The fourth-order valence-electron chi connectivity index (χ4n) is 1.78. The first-order chi connectivity index (χ1) is 8.20. The van der Waals surface area contributed by atoms with E-state index >= 15 is 0 Å². The van der Waals surface area contributed by atoms with Crippen LogP contribution < -0.4 is 10.6 Å². The third-order valence-electron chi connectivity index (χ3n) is 2.77. The van der Waals surface area contributed by atoms with E-state index < -0.39 is 6.04 Å². The van der Waals surface area contributed by atoms with Gasteiger partial charge in [0.25, 0.3) is 0 Å². The lowest BCUT2D eigenvalue weighted by atomic mass is 10.2. The van der Waals surface area contributed by atoms with Gasteiger partial charge >= 0.3 is 0 Å². The molecular formula is C10H15N5O2. The second kappa shape index (κ2) is 4.94. The van der Waals surface area contributed by atoms with Gasteiger partial charge in [0.05, 0.1) is 6.54 Å². The van der Waals surface area contributed by atoms with Crippen molar-refractivity contribution in [2.45, 2.75) is 38.9 Å². The molecule has 1 aliphatic rings. The van der Waals surface area contributed by atoms with Gasteiger partial charge in [-0.15, -0.1) is 10.2 Å². The van der Waals surface area contributed by atoms with Gasteiger partial charge in [0.15, 0.2) is 5.82 Å². The quantitative estimate of drug-likeness (QED) is 0.717. The maximum atomic E-state index is 11.7. The van der Waals surface area contributed by atoms with Gasteiger partial charge in [0.2, 0.25) is 11.8 Å². The van der Waals surface area contributed by atoms with Crippen molar-refractivity contribution >= 4 is 11.8 Å². The molecule has 1 aromatic rings. The molecule has 2 rings (SSSR count). The van der Waals surface area contributed by atoms with Crippen LogP contribution in [-0.4, -0.2) is 32.6 Å². The first kappa shape index (κ1) is 11.6. The van der Waals surface area contributed by atoms with Crippen molar-refractivity contribution in [1.82, 2.24) is 25.4 Å². The predicted octanol–water partition coefficient (Wildman–Crippen LogP) is -0.807. The fourth-order valence-corrected chi connectivity index (χ4v) is 1.78. The van der Waals surface area contributed by atoms with Crippen molar-refractivity contribution in [1.29, 1.82) is 0 Å². The lowest BCUT2D eigenvalue weighted by molar-refractivity contribution is -0.125. The van der Waals surface area contributed by atoms with E-state index in [1.165, 1.54) is 0 Å². The van der Waals surface area contributed by atoms with Crippen LogP contribution in [0.2, 0.25) is 0 Å². The predicted molar refractivity (Wildman–Crippen MR) is 58.7 cm³/mol. The second-order valence-corrected chi connectivity index (χ2v) is 3.91. The summed E-state index contributed by atoms with van der Waals surface area (Å²) in [5, 5.41) is 13.0. The molecule has 2 heterocycles. The Bertz CT molecular complexity index is 428. The van der Waals surface area contributed by atoms with Crippen LogP contribution in [0.4, 0.5) is 0 Å². The molecule has 1 aliphatic heterocycles. The molecule has 1 aromatic heterocycles. The molecule has 2 N–H and O–H groups in total. The number of nitrogens with zero attached hydrogens (tertiary/aromatic N) is 3. The summed E-state index contributed by atoms with van der Waals surface area (Å²) in [6, 6.07) is -0.402. The number of amides is 2. The minimum Gasteiger partial charge on any atom is -0.347 e. The number of carbonyl (C=O) groups excluding carboxylic acids is 2. The molecule has 92 valence electrons. The van der Waals surface area contributed by atoms with Crippen LogP contribution >= 0.6 is 0 Å². The zero-order chi connectivity index (χ0) is 12.3. The van der Waals surface area contributed by atoms with Crippen LogP contribution in [0.15, 0.2) is 6.33 Å². The molecule has 0 bridgehead atoms. The normalized spacial score (nSPS) is 19.1. The largest absolute Gasteiger partial charge is 0.347 e. The van der Waals surface area contributed by atoms with Crippen LogP contribution in [0.5, 0.6) is 0 Å². The van der Waals surface area contributed by atoms with E-state index in [0.717, 1.165) is 6.54 Å².